The van der Waals surface area contributed by atoms with Gasteiger partial charge >= 0.3 is 0 Å². The Morgan fingerprint density at radius 3 is 2.45 bits per heavy atom. The molecule has 2 aromatic carbocycles. The summed E-state index contributed by atoms with van der Waals surface area (Å²) in [6.07, 6.45) is 0.863. The number of benzene rings is 2. The van der Waals surface area contributed by atoms with Crippen molar-refractivity contribution >= 4 is 38.6 Å². The lowest BCUT2D eigenvalue weighted by Crippen LogP contribution is -2.47. The van der Waals surface area contributed by atoms with E-state index >= 15 is 0 Å². The lowest BCUT2D eigenvalue weighted by atomic mass is 10.2. The molecule has 1 aliphatic heterocycles. The predicted octanol–water partition coefficient (Wildman–Crippen LogP) is 3.49. The number of carbonyl (C=O) groups is 1. The fraction of sp³-hybridized carbons (Fsp3) is 0.292. The van der Waals surface area contributed by atoms with Crippen LogP contribution >= 0.6 is 11.3 Å². The van der Waals surface area contributed by atoms with Gasteiger partial charge in [0.05, 0.1) is 0 Å². The molecular formula is C24H28N4O3S2. The number of hydrogen-bond donors (Lipinski definition) is 2. The summed E-state index contributed by atoms with van der Waals surface area (Å²) >= 11 is 1.15. The van der Waals surface area contributed by atoms with E-state index in [-0.39, 0.29) is 10.1 Å². The van der Waals surface area contributed by atoms with Gasteiger partial charge in [0.1, 0.15) is 4.21 Å². The smallest absolute Gasteiger partial charge is 0.271 e. The van der Waals surface area contributed by atoms with Gasteiger partial charge in [-0.3, -0.25) is 14.4 Å². The number of anilines is 2. The van der Waals surface area contributed by atoms with Gasteiger partial charge in [-0.15, -0.1) is 11.3 Å². The van der Waals surface area contributed by atoms with E-state index in [0.29, 0.717) is 17.8 Å². The SMILES string of the molecule is O=C(NCCCN1CCN(c2ccccc2)CC1)c1cccc(NS(=O)(=O)c2cccs2)c1. The van der Waals surface area contributed by atoms with Crippen molar-refractivity contribution in [3.63, 3.8) is 0 Å². The summed E-state index contributed by atoms with van der Waals surface area (Å²) in [4.78, 5) is 17.4. The Kier molecular flexibility index (Phi) is 7.64. The minimum absolute atomic E-state index is 0.207. The normalized spacial score (nSPS) is 14.7. The molecule has 174 valence electrons. The highest BCUT2D eigenvalue weighted by Crippen LogP contribution is 2.21. The molecule has 0 spiro atoms. The van der Waals surface area contributed by atoms with Gasteiger partial charge in [0, 0.05) is 49.7 Å². The first-order chi connectivity index (χ1) is 16.0. The summed E-state index contributed by atoms with van der Waals surface area (Å²) in [7, 11) is -3.64. The van der Waals surface area contributed by atoms with Crippen LogP contribution in [0.3, 0.4) is 0 Å². The van der Waals surface area contributed by atoms with Crippen LogP contribution in [0, 0.1) is 0 Å². The molecule has 7 nitrogen and oxygen atoms in total. The van der Waals surface area contributed by atoms with Gasteiger partial charge in [0.2, 0.25) is 0 Å². The van der Waals surface area contributed by atoms with Crippen molar-refractivity contribution in [2.75, 3.05) is 48.9 Å². The Balaban J connectivity index is 1.20. The van der Waals surface area contributed by atoms with E-state index < -0.39 is 10.0 Å². The van der Waals surface area contributed by atoms with E-state index in [9.17, 15) is 13.2 Å². The zero-order valence-corrected chi connectivity index (χ0v) is 19.9. The first-order valence-electron chi connectivity index (χ1n) is 11.0. The number of thiophene rings is 1. The molecule has 1 aliphatic rings. The molecule has 1 fully saturated rings. The molecule has 9 heteroatoms. The Labute approximate surface area is 199 Å². The summed E-state index contributed by atoms with van der Waals surface area (Å²) < 4.78 is 27.6. The zero-order chi connectivity index (χ0) is 23.1. The molecule has 33 heavy (non-hydrogen) atoms. The minimum Gasteiger partial charge on any atom is -0.369 e. The second kappa shape index (κ2) is 10.8. The maximum absolute atomic E-state index is 12.5. The van der Waals surface area contributed by atoms with Gasteiger partial charge in [0.25, 0.3) is 15.9 Å². The Morgan fingerprint density at radius 1 is 0.939 bits per heavy atom. The van der Waals surface area contributed by atoms with Crippen molar-refractivity contribution in [3.05, 3.63) is 77.7 Å². The summed E-state index contributed by atoms with van der Waals surface area (Å²) in [5, 5.41) is 4.65. The maximum Gasteiger partial charge on any atom is 0.271 e. The third-order valence-corrected chi connectivity index (χ3v) is 8.35. The van der Waals surface area contributed by atoms with Crippen LogP contribution in [0.25, 0.3) is 0 Å². The second-order valence-electron chi connectivity index (χ2n) is 7.89. The molecule has 1 aromatic heterocycles. The highest BCUT2D eigenvalue weighted by Gasteiger charge is 2.17. The number of nitrogens with one attached hydrogen (secondary N) is 2. The third kappa shape index (κ3) is 6.34. The molecule has 4 rings (SSSR count). The van der Waals surface area contributed by atoms with Gasteiger partial charge in [-0.2, -0.15) is 0 Å². The molecule has 2 heterocycles. The van der Waals surface area contributed by atoms with Crippen LogP contribution < -0.4 is 14.9 Å². The van der Waals surface area contributed by atoms with Crippen molar-refractivity contribution in [1.29, 1.82) is 0 Å². The standard InChI is InChI=1S/C24H28N4O3S2/c29-24(20-7-4-8-21(19-20)26-33(30,31)23-11-5-18-32-23)25-12-6-13-27-14-16-28(17-15-27)22-9-2-1-3-10-22/h1-5,7-11,18-19,26H,6,12-17H2,(H,25,29). The van der Waals surface area contributed by atoms with Gasteiger partial charge in [-0.05, 0) is 54.7 Å². The van der Waals surface area contributed by atoms with Crippen LogP contribution in [0.4, 0.5) is 11.4 Å². The third-order valence-electron chi connectivity index (χ3n) is 5.57. The van der Waals surface area contributed by atoms with E-state index in [0.717, 1.165) is 50.5 Å². The van der Waals surface area contributed by atoms with Crippen LogP contribution in [0.5, 0.6) is 0 Å². The maximum atomic E-state index is 12.5. The summed E-state index contributed by atoms with van der Waals surface area (Å²) in [5.41, 5.74) is 2.06. The van der Waals surface area contributed by atoms with Crippen LogP contribution in [0.15, 0.2) is 76.3 Å². The number of para-hydroxylation sites is 1. The van der Waals surface area contributed by atoms with Gasteiger partial charge < -0.3 is 10.2 Å². The fourth-order valence-corrected chi connectivity index (χ4v) is 5.86. The van der Waals surface area contributed by atoms with Crippen molar-refractivity contribution in [3.8, 4) is 0 Å². The Hall–Kier alpha value is -2.88. The highest BCUT2D eigenvalue weighted by atomic mass is 32.2. The van der Waals surface area contributed by atoms with E-state index in [1.165, 1.54) is 5.69 Å². The monoisotopic (exact) mass is 484 g/mol. The molecule has 0 aliphatic carbocycles. The second-order valence-corrected chi connectivity index (χ2v) is 10.7. The molecular weight excluding hydrogens is 456 g/mol. The number of hydrogen-bond acceptors (Lipinski definition) is 6. The van der Waals surface area contributed by atoms with Crippen LogP contribution in [0.1, 0.15) is 16.8 Å². The van der Waals surface area contributed by atoms with Crippen molar-refractivity contribution in [1.82, 2.24) is 10.2 Å². The highest BCUT2D eigenvalue weighted by molar-refractivity contribution is 7.94. The number of carbonyl (C=O) groups excluding carboxylic acids is 1. The largest absolute Gasteiger partial charge is 0.369 e. The van der Waals surface area contributed by atoms with Gasteiger partial charge in [0.15, 0.2) is 0 Å². The van der Waals surface area contributed by atoms with Gasteiger partial charge in [-0.25, -0.2) is 8.42 Å². The quantitative estimate of drug-likeness (QED) is 0.455. The molecule has 2 N–H and O–H groups in total. The van der Waals surface area contributed by atoms with Crippen molar-refractivity contribution in [2.45, 2.75) is 10.6 Å². The number of rotatable bonds is 9. The number of sulfonamides is 1. The molecule has 0 saturated carbocycles. The zero-order valence-electron chi connectivity index (χ0n) is 18.3. The van der Waals surface area contributed by atoms with Crippen molar-refractivity contribution < 1.29 is 13.2 Å². The predicted molar refractivity (Wildman–Crippen MR) is 134 cm³/mol. The first kappa shape index (κ1) is 23.3. The topological polar surface area (TPSA) is 81.8 Å². The fourth-order valence-electron chi connectivity index (χ4n) is 3.82. The van der Waals surface area contributed by atoms with Crippen LogP contribution in [0.2, 0.25) is 0 Å². The molecule has 3 aromatic rings. The minimum atomic E-state index is -3.64. The number of piperazine rings is 1. The van der Waals surface area contributed by atoms with Crippen LogP contribution in [-0.4, -0.2) is 58.5 Å². The molecule has 0 radical (unpaired) electrons. The Morgan fingerprint density at radius 2 is 1.73 bits per heavy atom. The average molecular weight is 485 g/mol. The first-order valence-corrected chi connectivity index (χ1v) is 13.3. The average Bonchev–Trinajstić information content (AvgIpc) is 3.39. The summed E-state index contributed by atoms with van der Waals surface area (Å²) in [5.74, 6) is -0.207. The van der Waals surface area contributed by atoms with E-state index in [4.69, 9.17) is 0 Å². The van der Waals surface area contributed by atoms with E-state index in [2.05, 4.69) is 44.1 Å². The van der Waals surface area contributed by atoms with Gasteiger partial charge in [-0.1, -0.05) is 30.3 Å². The number of amides is 1. The van der Waals surface area contributed by atoms with E-state index in [1.54, 1.807) is 41.8 Å². The molecule has 1 saturated heterocycles. The molecule has 0 unspecified atom stereocenters. The summed E-state index contributed by atoms with van der Waals surface area (Å²) in [6.45, 7) is 5.53. The molecule has 0 atom stereocenters. The van der Waals surface area contributed by atoms with E-state index in [1.807, 2.05) is 6.07 Å². The summed E-state index contributed by atoms with van der Waals surface area (Å²) in [6, 6.07) is 20.2. The van der Waals surface area contributed by atoms with Crippen LogP contribution in [-0.2, 0) is 10.0 Å². The lowest BCUT2D eigenvalue weighted by molar-refractivity contribution is 0.0951. The lowest BCUT2D eigenvalue weighted by Gasteiger charge is -2.36. The number of nitrogens with zero attached hydrogens (tertiary/aromatic N) is 2. The molecule has 0 bridgehead atoms. The van der Waals surface area contributed by atoms with Crippen molar-refractivity contribution in [2.24, 2.45) is 0 Å². The Bertz CT molecular complexity index is 1140. The molecule has 1 amide bonds.